The molecule has 0 spiro atoms. The minimum absolute atomic E-state index is 0.0663. The zero-order valence-corrected chi connectivity index (χ0v) is 9.07. The Hall–Kier alpha value is -1.71. The first-order valence-corrected chi connectivity index (χ1v) is 4.74. The van der Waals surface area contributed by atoms with Crippen molar-refractivity contribution in [2.24, 2.45) is 0 Å². The first-order valence-electron chi connectivity index (χ1n) is 4.74. The smallest absolute Gasteiger partial charge is 0.253 e. The molecule has 0 radical (unpaired) electrons. The van der Waals surface area contributed by atoms with E-state index in [0.717, 1.165) is 5.69 Å². The number of pyridine rings is 1. The number of rotatable bonds is 3. The number of amides is 1. The number of nitrogens with zero attached hydrogens (tertiary/aromatic N) is 1. The second-order valence-corrected chi connectivity index (χ2v) is 3.49. The summed E-state index contributed by atoms with van der Waals surface area (Å²) >= 11 is 0. The van der Waals surface area contributed by atoms with E-state index in [-0.39, 0.29) is 11.7 Å². The molecular formula is C11H14N2O2. The third-order valence-electron chi connectivity index (χ3n) is 2.13. The fourth-order valence-electron chi connectivity index (χ4n) is 0.984. The maximum atomic E-state index is 11.6. The van der Waals surface area contributed by atoms with Gasteiger partial charge >= 0.3 is 0 Å². The van der Waals surface area contributed by atoms with E-state index in [1.807, 2.05) is 6.92 Å². The lowest BCUT2D eigenvalue weighted by molar-refractivity contribution is -0.118. The predicted octanol–water partition coefficient (Wildman–Crippen LogP) is 1.10. The van der Waals surface area contributed by atoms with Crippen molar-refractivity contribution in [2.75, 3.05) is 0 Å². The largest absolute Gasteiger partial charge is 0.342 e. The van der Waals surface area contributed by atoms with E-state index >= 15 is 0 Å². The highest BCUT2D eigenvalue weighted by atomic mass is 16.2. The lowest BCUT2D eigenvalue weighted by atomic mass is 10.2. The van der Waals surface area contributed by atoms with Gasteiger partial charge in [-0.1, -0.05) is 0 Å². The molecule has 1 aromatic rings. The van der Waals surface area contributed by atoms with Gasteiger partial charge in [0.1, 0.15) is 0 Å². The molecule has 1 unspecified atom stereocenters. The van der Waals surface area contributed by atoms with Crippen LogP contribution in [0.25, 0.3) is 0 Å². The average Bonchev–Trinajstić information content (AvgIpc) is 2.18. The minimum atomic E-state index is -0.459. The molecule has 0 saturated carbocycles. The van der Waals surface area contributed by atoms with Gasteiger partial charge in [0.2, 0.25) is 0 Å². The third-order valence-corrected chi connectivity index (χ3v) is 2.13. The van der Waals surface area contributed by atoms with Crippen LogP contribution >= 0.6 is 0 Å². The molecule has 1 amide bonds. The molecule has 0 fully saturated rings. The third kappa shape index (κ3) is 3.16. The van der Waals surface area contributed by atoms with Crippen LogP contribution < -0.4 is 5.32 Å². The van der Waals surface area contributed by atoms with Gasteiger partial charge < -0.3 is 5.32 Å². The van der Waals surface area contributed by atoms with Crippen molar-refractivity contribution in [3.63, 3.8) is 0 Å². The normalized spacial score (nSPS) is 11.9. The van der Waals surface area contributed by atoms with Gasteiger partial charge in [0.05, 0.1) is 11.6 Å². The van der Waals surface area contributed by atoms with E-state index in [2.05, 4.69) is 10.3 Å². The molecule has 0 aliphatic heterocycles. The molecule has 1 atom stereocenters. The van der Waals surface area contributed by atoms with Crippen LogP contribution in [0.4, 0.5) is 0 Å². The number of ketones is 1. The molecule has 0 bridgehead atoms. The molecule has 4 nitrogen and oxygen atoms in total. The van der Waals surface area contributed by atoms with Crippen LogP contribution in [-0.2, 0) is 4.79 Å². The Bertz CT molecular complexity index is 371. The summed E-state index contributed by atoms with van der Waals surface area (Å²) in [4.78, 5) is 26.5. The maximum Gasteiger partial charge on any atom is 0.253 e. The van der Waals surface area contributed by atoms with Crippen LogP contribution in [-0.4, -0.2) is 22.7 Å². The van der Waals surface area contributed by atoms with Crippen LogP contribution in [0.3, 0.4) is 0 Å². The molecule has 15 heavy (non-hydrogen) atoms. The van der Waals surface area contributed by atoms with Crippen LogP contribution in [0, 0.1) is 6.92 Å². The Balaban J connectivity index is 2.69. The maximum absolute atomic E-state index is 11.6. The highest BCUT2D eigenvalue weighted by molar-refractivity contribution is 5.97. The van der Waals surface area contributed by atoms with Gasteiger partial charge in [-0.2, -0.15) is 0 Å². The zero-order valence-electron chi connectivity index (χ0n) is 9.07. The van der Waals surface area contributed by atoms with Crippen molar-refractivity contribution in [1.29, 1.82) is 0 Å². The topological polar surface area (TPSA) is 59.1 Å². The highest BCUT2D eigenvalue weighted by Gasteiger charge is 2.12. The molecule has 0 aliphatic carbocycles. The monoisotopic (exact) mass is 206 g/mol. The van der Waals surface area contributed by atoms with Crippen molar-refractivity contribution >= 4 is 11.7 Å². The zero-order chi connectivity index (χ0) is 11.4. The van der Waals surface area contributed by atoms with E-state index in [4.69, 9.17) is 0 Å². The van der Waals surface area contributed by atoms with Crippen molar-refractivity contribution in [3.05, 3.63) is 29.6 Å². The summed E-state index contributed by atoms with van der Waals surface area (Å²) in [6, 6.07) is 2.98. The predicted molar refractivity (Wildman–Crippen MR) is 56.6 cm³/mol. The molecule has 1 N–H and O–H groups in total. The molecule has 1 rings (SSSR count). The highest BCUT2D eigenvalue weighted by Crippen LogP contribution is 1.99. The second kappa shape index (κ2) is 4.68. The van der Waals surface area contributed by atoms with Crippen molar-refractivity contribution in [3.8, 4) is 0 Å². The molecule has 1 aromatic heterocycles. The number of nitrogens with one attached hydrogen (secondary N) is 1. The molecule has 0 aliphatic rings. The quantitative estimate of drug-likeness (QED) is 0.805. The fraction of sp³-hybridized carbons (Fsp3) is 0.364. The number of carbonyl (C=O) groups excluding carboxylic acids is 2. The average molecular weight is 206 g/mol. The van der Waals surface area contributed by atoms with Gasteiger partial charge in [-0.3, -0.25) is 14.6 Å². The summed E-state index contributed by atoms with van der Waals surface area (Å²) in [6.07, 6.45) is 1.50. The summed E-state index contributed by atoms with van der Waals surface area (Å²) in [6.45, 7) is 4.94. The molecule has 4 heteroatoms. The van der Waals surface area contributed by atoms with Gasteiger partial charge in [0.25, 0.3) is 5.91 Å². The number of carbonyl (C=O) groups is 2. The van der Waals surface area contributed by atoms with Gasteiger partial charge in [-0.25, -0.2) is 0 Å². The first kappa shape index (κ1) is 11.4. The van der Waals surface area contributed by atoms with Crippen LogP contribution in [0.15, 0.2) is 18.3 Å². The van der Waals surface area contributed by atoms with Gasteiger partial charge in [0, 0.05) is 11.9 Å². The molecule has 0 saturated heterocycles. The minimum Gasteiger partial charge on any atom is -0.342 e. The Morgan fingerprint density at radius 1 is 1.40 bits per heavy atom. The lowest BCUT2D eigenvalue weighted by Crippen LogP contribution is -2.37. The summed E-state index contributed by atoms with van der Waals surface area (Å²) in [7, 11) is 0. The Labute approximate surface area is 88.7 Å². The van der Waals surface area contributed by atoms with Crippen molar-refractivity contribution < 1.29 is 9.59 Å². The van der Waals surface area contributed by atoms with Crippen LogP contribution in [0.2, 0.25) is 0 Å². The Morgan fingerprint density at radius 3 is 2.53 bits per heavy atom. The number of aromatic nitrogens is 1. The SMILES string of the molecule is CC(=O)C(C)NC(=O)c1ccc(C)nc1. The molecule has 1 heterocycles. The lowest BCUT2D eigenvalue weighted by Gasteiger charge is -2.09. The van der Waals surface area contributed by atoms with Crippen molar-refractivity contribution in [2.45, 2.75) is 26.8 Å². The Morgan fingerprint density at radius 2 is 2.07 bits per heavy atom. The molecular weight excluding hydrogens is 192 g/mol. The van der Waals surface area contributed by atoms with Crippen LogP contribution in [0.1, 0.15) is 29.9 Å². The van der Waals surface area contributed by atoms with E-state index in [1.54, 1.807) is 19.1 Å². The fourth-order valence-corrected chi connectivity index (χ4v) is 0.984. The van der Waals surface area contributed by atoms with Gasteiger partial charge in [-0.15, -0.1) is 0 Å². The van der Waals surface area contributed by atoms with E-state index < -0.39 is 6.04 Å². The first-order chi connectivity index (χ1) is 7.00. The van der Waals surface area contributed by atoms with Gasteiger partial charge in [-0.05, 0) is 32.9 Å². The van der Waals surface area contributed by atoms with E-state index in [0.29, 0.717) is 5.56 Å². The number of hydrogen-bond acceptors (Lipinski definition) is 3. The Kier molecular flexibility index (Phi) is 3.55. The number of Topliss-reactive ketones (excluding diaryl/α,β-unsaturated/α-hetero) is 1. The summed E-state index contributed by atoms with van der Waals surface area (Å²) in [5.41, 5.74) is 1.32. The number of hydrogen-bond donors (Lipinski definition) is 1. The van der Waals surface area contributed by atoms with Crippen LogP contribution in [0.5, 0.6) is 0 Å². The molecule has 80 valence electrons. The molecule has 0 aromatic carbocycles. The van der Waals surface area contributed by atoms with Crippen molar-refractivity contribution in [1.82, 2.24) is 10.3 Å². The summed E-state index contributed by atoms with van der Waals surface area (Å²) in [5.74, 6) is -0.339. The van der Waals surface area contributed by atoms with E-state index in [1.165, 1.54) is 13.1 Å². The summed E-state index contributed by atoms with van der Waals surface area (Å²) < 4.78 is 0. The van der Waals surface area contributed by atoms with Gasteiger partial charge in [0.15, 0.2) is 5.78 Å². The standard InChI is InChI=1S/C11H14N2O2/c1-7-4-5-10(6-12-7)11(15)13-8(2)9(3)14/h4-6,8H,1-3H3,(H,13,15). The second-order valence-electron chi connectivity index (χ2n) is 3.49. The number of aryl methyl sites for hydroxylation is 1. The van der Waals surface area contributed by atoms with E-state index in [9.17, 15) is 9.59 Å². The summed E-state index contributed by atoms with van der Waals surface area (Å²) in [5, 5.41) is 2.59.